The molecule has 7 rings (SSSR count). The monoisotopic (exact) mass is 678 g/mol. The fourth-order valence-electron chi connectivity index (χ4n) is 7.87. The summed E-state index contributed by atoms with van der Waals surface area (Å²) in [7, 11) is 1.37. The lowest BCUT2D eigenvalue weighted by atomic mass is 9.56. The fourth-order valence-corrected chi connectivity index (χ4v) is 8.80. The Morgan fingerprint density at radius 1 is 0.915 bits per heavy atom. The molecule has 3 fully saturated rings. The van der Waals surface area contributed by atoms with Gasteiger partial charge < -0.3 is 14.9 Å². The molecule has 0 radical (unpaired) electrons. The summed E-state index contributed by atoms with van der Waals surface area (Å²) in [5.41, 5.74) is 1.57. The lowest BCUT2D eigenvalue weighted by Gasteiger charge is -2.50. The van der Waals surface area contributed by atoms with Crippen LogP contribution in [0.2, 0.25) is 0 Å². The summed E-state index contributed by atoms with van der Waals surface area (Å²) in [5, 5.41) is 21.0. The third-order valence-corrected chi connectivity index (χ3v) is 11.5. The topological polar surface area (TPSA) is 124 Å². The zero-order chi connectivity index (χ0) is 33.4. The SMILES string of the molecule is COc1cccc([C@H]2C3=CC[C@@H]4C(=O)N(CCc5ccc(O)cc5)C(=O)[C@@H]4[C@@H]3C[C@@]3(Cl)C(=O)N(c4ccc(F)cc4)C(=O)[C@@]23Cl)c1O. The van der Waals surface area contributed by atoms with Crippen molar-refractivity contribution in [3.63, 3.8) is 0 Å². The van der Waals surface area contributed by atoms with Gasteiger partial charge in [0.1, 0.15) is 11.6 Å². The molecule has 2 N–H and O–H groups in total. The molecule has 4 amide bonds. The molecular weight excluding hydrogens is 650 g/mol. The van der Waals surface area contributed by atoms with E-state index in [0.717, 1.165) is 22.6 Å². The first-order valence-corrected chi connectivity index (χ1v) is 15.9. The Labute approximate surface area is 279 Å². The second-order valence-electron chi connectivity index (χ2n) is 12.4. The van der Waals surface area contributed by atoms with Crippen LogP contribution in [-0.2, 0) is 25.6 Å². The van der Waals surface area contributed by atoms with Gasteiger partial charge in [0.15, 0.2) is 21.2 Å². The summed E-state index contributed by atoms with van der Waals surface area (Å²) in [6.07, 6.45) is 2.08. The first kappa shape index (κ1) is 31.2. The van der Waals surface area contributed by atoms with E-state index < -0.39 is 57.0 Å². The van der Waals surface area contributed by atoms with E-state index in [9.17, 15) is 33.8 Å². The fraction of sp³-hybridized carbons (Fsp3) is 0.314. The van der Waals surface area contributed by atoms with Gasteiger partial charge in [-0.15, -0.1) is 23.2 Å². The average molecular weight is 680 g/mol. The van der Waals surface area contributed by atoms with Crippen LogP contribution in [0.25, 0.3) is 0 Å². The average Bonchev–Trinajstić information content (AvgIpc) is 3.39. The highest BCUT2D eigenvalue weighted by molar-refractivity contribution is 6.58. The smallest absolute Gasteiger partial charge is 0.258 e. The van der Waals surface area contributed by atoms with Crippen LogP contribution in [0.3, 0.4) is 0 Å². The van der Waals surface area contributed by atoms with Crippen molar-refractivity contribution in [2.24, 2.45) is 17.8 Å². The van der Waals surface area contributed by atoms with Crippen LogP contribution in [0.4, 0.5) is 10.1 Å². The van der Waals surface area contributed by atoms with Crippen molar-refractivity contribution < 1.29 is 38.5 Å². The number of imide groups is 2. The Morgan fingerprint density at radius 2 is 1.62 bits per heavy atom. The highest BCUT2D eigenvalue weighted by atomic mass is 35.5. The molecule has 0 aromatic heterocycles. The third kappa shape index (κ3) is 4.41. The number of likely N-dealkylation sites (tertiary alicyclic amines) is 1. The zero-order valence-electron chi connectivity index (χ0n) is 25.0. The number of halogens is 3. The molecule has 12 heteroatoms. The molecule has 2 heterocycles. The molecule has 6 atom stereocenters. The summed E-state index contributed by atoms with van der Waals surface area (Å²) in [6, 6.07) is 15.9. The van der Waals surface area contributed by atoms with Crippen LogP contribution in [0, 0.1) is 23.6 Å². The maximum Gasteiger partial charge on any atom is 0.258 e. The normalized spacial score (nSPS) is 29.8. The second kappa shape index (κ2) is 11.1. The maximum absolute atomic E-state index is 14.4. The Hall–Kier alpha value is -4.41. The first-order valence-electron chi connectivity index (χ1n) is 15.1. The molecule has 2 aliphatic carbocycles. The molecule has 0 spiro atoms. The number of nitrogens with zero attached hydrogens (tertiary/aromatic N) is 2. The van der Waals surface area contributed by atoms with E-state index in [1.807, 2.05) is 0 Å². The summed E-state index contributed by atoms with van der Waals surface area (Å²) in [6.45, 7) is 0.110. The molecule has 242 valence electrons. The quantitative estimate of drug-likeness (QED) is 0.212. The number of phenolic OH excluding ortho intramolecular Hbond substituents is 2. The number of hydrogen-bond acceptors (Lipinski definition) is 7. The number of fused-ring (bicyclic) bond motifs is 4. The van der Waals surface area contributed by atoms with Crippen LogP contribution in [0.1, 0.15) is 29.9 Å². The molecule has 47 heavy (non-hydrogen) atoms. The standard InChI is InChI=1S/C35H29Cl2FN2O7/c1-47-26-4-2-3-24(29(26)42)28-22-13-14-23-27(31(44)39(30(23)43)16-15-18-5-11-21(41)12-6-18)25(22)17-34(36)32(45)40(33(46)35(28,34)37)20-9-7-19(38)8-10-20/h2-13,23,25,27-28,41-42H,14-17H2,1H3/t23-,25+,27-,28+,34+,35-/m0/s1. The highest BCUT2D eigenvalue weighted by Gasteiger charge is 2.77. The molecular formula is C35H29Cl2FN2O7. The van der Waals surface area contributed by atoms with E-state index in [-0.39, 0.29) is 53.8 Å². The Kier molecular flexibility index (Phi) is 7.37. The number of rotatable bonds is 6. The van der Waals surface area contributed by atoms with Crippen molar-refractivity contribution in [1.29, 1.82) is 0 Å². The van der Waals surface area contributed by atoms with E-state index in [4.69, 9.17) is 27.9 Å². The van der Waals surface area contributed by atoms with Gasteiger partial charge in [-0.25, -0.2) is 9.29 Å². The molecule has 2 aliphatic heterocycles. The molecule has 4 aliphatic rings. The molecule has 1 saturated carbocycles. The summed E-state index contributed by atoms with van der Waals surface area (Å²) >= 11 is 14.7. The van der Waals surface area contributed by atoms with Crippen LogP contribution >= 0.6 is 23.2 Å². The second-order valence-corrected chi connectivity index (χ2v) is 13.6. The minimum Gasteiger partial charge on any atom is -0.508 e. The lowest BCUT2D eigenvalue weighted by molar-refractivity contribution is -0.140. The number of hydrogen-bond donors (Lipinski definition) is 2. The predicted molar refractivity (Wildman–Crippen MR) is 170 cm³/mol. The van der Waals surface area contributed by atoms with Gasteiger partial charge in [0.05, 0.1) is 24.6 Å². The van der Waals surface area contributed by atoms with Gasteiger partial charge in [-0.05, 0) is 73.2 Å². The number of para-hydroxylation sites is 1. The van der Waals surface area contributed by atoms with Crippen LogP contribution in [0.5, 0.6) is 17.2 Å². The van der Waals surface area contributed by atoms with Crippen molar-refractivity contribution in [3.05, 3.63) is 95.3 Å². The van der Waals surface area contributed by atoms with Crippen LogP contribution < -0.4 is 9.64 Å². The molecule has 3 aromatic rings. The van der Waals surface area contributed by atoms with Gasteiger partial charge in [-0.3, -0.25) is 24.1 Å². The number of amides is 4. The van der Waals surface area contributed by atoms with E-state index in [1.54, 1.807) is 30.3 Å². The van der Waals surface area contributed by atoms with E-state index >= 15 is 0 Å². The van der Waals surface area contributed by atoms with Gasteiger partial charge in [0, 0.05) is 18.0 Å². The van der Waals surface area contributed by atoms with Gasteiger partial charge in [-0.1, -0.05) is 35.9 Å². The Morgan fingerprint density at radius 3 is 2.30 bits per heavy atom. The van der Waals surface area contributed by atoms with Crippen LogP contribution in [-0.4, -0.2) is 62.1 Å². The molecule has 0 unspecified atom stereocenters. The summed E-state index contributed by atoms with van der Waals surface area (Å²) in [4.78, 5) is 54.3. The molecule has 0 bridgehead atoms. The lowest BCUT2D eigenvalue weighted by Crippen LogP contribution is -2.60. The van der Waals surface area contributed by atoms with Crippen molar-refractivity contribution in [1.82, 2.24) is 4.90 Å². The van der Waals surface area contributed by atoms with Crippen molar-refractivity contribution >= 4 is 52.5 Å². The number of aromatic hydroxyl groups is 2. The number of carbonyl (C=O) groups is 4. The van der Waals surface area contributed by atoms with Crippen molar-refractivity contribution in [2.45, 2.75) is 34.9 Å². The van der Waals surface area contributed by atoms with E-state index in [1.165, 1.54) is 42.3 Å². The van der Waals surface area contributed by atoms with Gasteiger partial charge >= 0.3 is 0 Å². The minimum atomic E-state index is -2.18. The van der Waals surface area contributed by atoms with Gasteiger partial charge in [0.25, 0.3) is 11.8 Å². The number of alkyl halides is 2. The number of ether oxygens (including phenoxy) is 1. The molecule has 2 saturated heterocycles. The number of carbonyl (C=O) groups excluding carboxylic acids is 4. The van der Waals surface area contributed by atoms with Crippen molar-refractivity contribution in [2.75, 3.05) is 18.6 Å². The minimum absolute atomic E-state index is 0.0619. The Balaban J connectivity index is 1.33. The molecule has 3 aromatic carbocycles. The number of benzene rings is 3. The largest absolute Gasteiger partial charge is 0.508 e. The highest BCUT2D eigenvalue weighted by Crippen LogP contribution is 2.66. The maximum atomic E-state index is 14.4. The van der Waals surface area contributed by atoms with Crippen LogP contribution in [0.15, 0.2) is 78.4 Å². The third-order valence-electron chi connectivity index (χ3n) is 10.1. The van der Waals surface area contributed by atoms with Crippen molar-refractivity contribution in [3.8, 4) is 17.2 Å². The van der Waals surface area contributed by atoms with Gasteiger partial charge in [-0.2, -0.15) is 0 Å². The number of anilines is 1. The number of allylic oxidation sites excluding steroid dienone is 2. The number of methoxy groups -OCH3 is 1. The van der Waals surface area contributed by atoms with Gasteiger partial charge in [0.2, 0.25) is 11.8 Å². The van der Waals surface area contributed by atoms with E-state index in [2.05, 4.69) is 0 Å². The summed E-state index contributed by atoms with van der Waals surface area (Å²) < 4.78 is 19.2. The molecule has 9 nitrogen and oxygen atoms in total. The predicted octanol–water partition coefficient (Wildman–Crippen LogP) is 5.05. The number of phenols is 2. The van der Waals surface area contributed by atoms with E-state index in [0.29, 0.717) is 12.0 Å². The first-order chi connectivity index (χ1) is 22.4. The summed E-state index contributed by atoms with van der Waals surface area (Å²) in [5.74, 6) is -6.76. The Bertz CT molecular complexity index is 1870. The zero-order valence-corrected chi connectivity index (χ0v) is 26.5.